The van der Waals surface area contributed by atoms with Crippen LogP contribution in [0.5, 0.6) is 0 Å². The van der Waals surface area contributed by atoms with Crippen LogP contribution in [0.25, 0.3) is 20.9 Å². The van der Waals surface area contributed by atoms with E-state index in [1.807, 2.05) is 31.2 Å². The van der Waals surface area contributed by atoms with Crippen molar-refractivity contribution in [1.29, 1.82) is 0 Å². The van der Waals surface area contributed by atoms with Crippen LogP contribution in [0.2, 0.25) is 0 Å². The summed E-state index contributed by atoms with van der Waals surface area (Å²) in [6, 6.07) is 15.0. The lowest BCUT2D eigenvalue weighted by molar-refractivity contribution is -0.384. The van der Waals surface area contributed by atoms with Crippen molar-refractivity contribution in [1.82, 2.24) is 9.97 Å². The number of benzene rings is 2. The molecule has 0 saturated carbocycles. The molecular formula is C20H14N4O3S. The topological polar surface area (TPSA) is 98.0 Å². The minimum absolute atomic E-state index is 0.121. The van der Waals surface area contributed by atoms with Crippen LogP contribution in [-0.4, -0.2) is 20.8 Å². The number of hydrogen-bond acceptors (Lipinski definition) is 6. The number of aromatic nitrogens is 2. The van der Waals surface area contributed by atoms with Gasteiger partial charge in [-0.2, -0.15) is 0 Å². The quantitative estimate of drug-likeness (QED) is 0.398. The Morgan fingerprint density at radius 1 is 1.14 bits per heavy atom. The second kappa shape index (κ2) is 7.16. The molecule has 0 atom stereocenters. The van der Waals surface area contributed by atoms with Gasteiger partial charge >= 0.3 is 0 Å². The van der Waals surface area contributed by atoms with E-state index in [9.17, 15) is 14.9 Å². The Labute approximate surface area is 163 Å². The van der Waals surface area contributed by atoms with Crippen molar-refractivity contribution in [2.45, 2.75) is 6.92 Å². The highest BCUT2D eigenvalue weighted by Gasteiger charge is 2.14. The maximum absolute atomic E-state index is 12.5. The van der Waals surface area contributed by atoms with Crippen molar-refractivity contribution in [2.75, 3.05) is 5.32 Å². The lowest BCUT2D eigenvalue weighted by atomic mass is 10.1. The maximum atomic E-state index is 12.5. The molecule has 0 unspecified atom stereocenters. The number of fused-ring (bicyclic) bond motifs is 1. The van der Waals surface area contributed by atoms with Crippen LogP contribution in [-0.2, 0) is 0 Å². The first-order chi connectivity index (χ1) is 13.5. The van der Waals surface area contributed by atoms with Gasteiger partial charge in [-0.1, -0.05) is 17.4 Å². The number of hydrogen-bond donors (Lipinski definition) is 1. The van der Waals surface area contributed by atoms with Crippen LogP contribution in [0.4, 0.5) is 11.4 Å². The zero-order valence-electron chi connectivity index (χ0n) is 14.7. The van der Waals surface area contributed by atoms with E-state index >= 15 is 0 Å². The van der Waals surface area contributed by atoms with Crippen LogP contribution >= 0.6 is 11.3 Å². The van der Waals surface area contributed by atoms with Gasteiger partial charge in [0.15, 0.2) is 0 Å². The van der Waals surface area contributed by atoms with Gasteiger partial charge in [-0.15, -0.1) is 0 Å². The molecule has 1 amide bonds. The standard InChI is InChI=1S/C20H14N4O3S/c1-12-10-14(19-23-17-6-3-9-21-20(17)28-19)7-8-16(12)22-18(25)13-4-2-5-15(11-13)24(26)27/h2-11H,1H3,(H,22,25). The number of aryl methyl sites for hydroxylation is 1. The van der Waals surface area contributed by atoms with Crippen molar-refractivity contribution < 1.29 is 9.72 Å². The minimum Gasteiger partial charge on any atom is -0.322 e. The Hall–Kier alpha value is -3.65. The Morgan fingerprint density at radius 3 is 2.75 bits per heavy atom. The van der Waals surface area contributed by atoms with Gasteiger partial charge in [0.05, 0.1) is 4.92 Å². The van der Waals surface area contributed by atoms with Crippen molar-refractivity contribution in [3.05, 3.63) is 82.0 Å². The molecule has 2 heterocycles. The summed E-state index contributed by atoms with van der Waals surface area (Å²) in [6.07, 6.45) is 1.74. The van der Waals surface area contributed by atoms with Crippen molar-refractivity contribution in [3.63, 3.8) is 0 Å². The minimum atomic E-state index is -0.524. The highest BCUT2D eigenvalue weighted by atomic mass is 32.1. The molecule has 4 rings (SSSR count). The fourth-order valence-corrected chi connectivity index (χ4v) is 3.69. The largest absolute Gasteiger partial charge is 0.322 e. The van der Waals surface area contributed by atoms with Gasteiger partial charge in [-0.25, -0.2) is 9.97 Å². The molecule has 0 saturated heterocycles. The van der Waals surface area contributed by atoms with Crippen LogP contribution in [0.1, 0.15) is 15.9 Å². The summed E-state index contributed by atoms with van der Waals surface area (Å²) in [4.78, 5) is 32.6. The molecule has 0 aliphatic carbocycles. The highest BCUT2D eigenvalue weighted by Crippen LogP contribution is 2.31. The van der Waals surface area contributed by atoms with E-state index in [0.717, 1.165) is 26.5 Å². The molecule has 2 aromatic heterocycles. The first-order valence-electron chi connectivity index (χ1n) is 8.39. The molecule has 0 fully saturated rings. The summed E-state index contributed by atoms with van der Waals surface area (Å²) in [5, 5.41) is 14.6. The van der Waals surface area contributed by atoms with Gasteiger partial charge in [-0.05, 0) is 48.9 Å². The zero-order chi connectivity index (χ0) is 19.7. The Balaban J connectivity index is 1.58. The molecule has 1 N–H and O–H groups in total. The number of nitro benzene ring substituents is 1. The number of rotatable bonds is 4. The molecule has 8 heteroatoms. The lowest BCUT2D eigenvalue weighted by Crippen LogP contribution is -2.13. The summed E-state index contributed by atoms with van der Waals surface area (Å²) in [7, 11) is 0. The number of nitrogens with one attached hydrogen (secondary N) is 1. The molecule has 0 aliphatic rings. The van der Waals surface area contributed by atoms with E-state index in [0.29, 0.717) is 5.69 Å². The fourth-order valence-electron chi connectivity index (χ4n) is 2.79. The number of nitrogens with zero attached hydrogens (tertiary/aromatic N) is 3. The number of amides is 1. The van der Waals surface area contributed by atoms with Crippen LogP contribution in [0.3, 0.4) is 0 Å². The average molecular weight is 390 g/mol. The van der Waals surface area contributed by atoms with E-state index in [4.69, 9.17) is 0 Å². The molecule has 138 valence electrons. The van der Waals surface area contributed by atoms with Gasteiger partial charge in [0.1, 0.15) is 15.4 Å². The molecule has 28 heavy (non-hydrogen) atoms. The molecular weight excluding hydrogens is 376 g/mol. The summed E-state index contributed by atoms with van der Waals surface area (Å²) < 4.78 is 0. The number of carbonyl (C=O) groups is 1. The first kappa shape index (κ1) is 17.7. The smallest absolute Gasteiger partial charge is 0.270 e. The number of nitro groups is 1. The van der Waals surface area contributed by atoms with Crippen molar-refractivity contribution in [3.8, 4) is 10.6 Å². The molecule has 7 nitrogen and oxygen atoms in total. The third-order valence-corrected chi connectivity index (χ3v) is 5.24. The van der Waals surface area contributed by atoms with Gasteiger partial charge in [-0.3, -0.25) is 14.9 Å². The van der Waals surface area contributed by atoms with E-state index in [-0.39, 0.29) is 11.3 Å². The maximum Gasteiger partial charge on any atom is 0.270 e. The first-order valence-corrected chi connectivity index (χ1v) is 9.21. The monoisotopic (exact) mass is 390 g/mol. The Morgan fingerprint density at radius 2 is 2.00 bits per heavy atom. The van der Waals surface area contributed by atoms with Crippen LogP contribution in [0, 0.1) is 17.0 Å². The molecule has 0 aliphatic heterocycles. The van der Waals surface area contributed by atoms with Gasteiger partial charge in [0.25, 0.3) is 11.6 Å². The predicted molar refractivity (Wildman–Crippen MR) is 109 cm³/mol. The zero-order valence-corrected chi connectivity index (χ0v) is 15.6. The predicted octanol–water partition coefficient (Wildman–Crippen LogP) is 4.83. The number of non-ortho nitro benzene ring substituents is 1. The Kier molecular flexibility index (Phi) is 4.54. The van der Waals surface area contributed by atoms with Crippen molar-refractivity contribution >= 4 is 39.0 Å². The average Bonchev–Trinajstić information content (AvgIpc) is 3.13. The SMILES string of the molecule is Cc1cc(-c2nc3cccnc3s2)ccc1NC(=O)c1cccc([N+](=O)[O-])c1. The number of pyridine rings is 1. The summed E-state index contributed by atoms with van der Waals surface area (Å²) >= 11 is 1.51. The molecule has 0 radical (unpaired) electrons. The number of thiazole rings is 1. The highest BCUT2D eigenvalue weighted by molar-refractivity contribution is 7.21. The molecule has 0 spiro atoms. The van der Waals surface area contributed by atoms with Gasteiger partial charge in [0.2, 0.25) is 0 Å². The second-order valence-electron chi connectivity index (χ2n) is 6.14. The van der Waals surface area contributed by atoms with Crippen LogP contribution < -0.4 is 5.32 Å². The number of anilines is 1. The van der Waals surface area contributed by atoms with Gasteiger partial charge in [0, 0.05) is 35.1 Å². The normalized spacial score (nSPS) is 10.8. The molecule has 4 aromatic rings. The van der Waals surface area contributed by atoms with E-state index < -0.39 is 10.8 Å². The summed E-state index contributed by atoms with van der Waals surface area (Å²) in [6.45, 7) is 1.89. The van der Waals surface area contributed by atoms with Crippen LogP contribution in [0.15, 0.2) is 60.8 Å². The van der Waals surface area contributed by atoms with E-state index in [1.54, 1.807) is 18.3 Å². The Bertz CT molecular complexity index is 1190. The van der Waals surface area contributed by atoms with E-state index in [1.165, 1.54) is 29.5 Å². The summed E-state index contributed by atoms with van der Waals surface area (Å²) in [5.74, 6) is -0.399. The van der Waals surface area contributed by atoms with Gasteiger partial charge < -0.3 is 5.32 Å². The van der Waals surface area contributed by atoms with Crippen molar-refractivity contribution in [2.24, 2.45) is 0 Å². The number of carbonyl (C=O) groups excluding carboxylic acids is 1. The fraction of sp³-hybridized carbons (Fsp3) is 0.0500. The third kappa shape index (κ3) is 3.45. The lowest BCUT2D eigenvalue weighted by Gasteiger charge is -2.09. The molecule has 0 bridgehead atoms. The van der Waals surface area contributed by atoms with E-state index in [2.05, 4.69) is 15.3 Å². The molecule has 2 aromatic carbocycles. The third-order valence-electron chi connectivity index (χ3n) is 4.21. The summed E-state index contributed by atoms with van der Waals surface area (Å²) in [5.41, 5.74) is 3.40. The second-order valence-corrected chi connectivity index (χ2v) is 7.12.